The number of benzene rings is 2. The number of aromatic nitrogens is 1. The Hall–Kier alpha value is -3.08. The molecule has 1 N–H and O–H groups in total. The maximum absolute atomic E-state index is 12.4. The number of hydrogen-bond acceptors (Lipinski definition) is 4. The summed E-state index contributed by atoms with van der Waals surface area (Å²) in [5, 5.41) is 0.650. The second kappa shape index (κ2) is 6.36. The highest BCUT2D eigenvalue weighted by Crippen LogP contribution is 2.20. The van der Waals surface area contributed by atoms with Gasteiger partial charge in [-0.05, 0) is 12.1 Å². The Labute approximate surface area is 132 Å². The number of pyridine rings is 1. The van der Waals surface area contributed by atoms with Crippen molar-refractivity contribution in [2.24, 2.45) is 0 Å². The molecule has 0 aliphatic rings. The Morgan fingerprint density at radius 1 is 1.09 bits per heavy atom. The Morgan fingerprint density at radius 3 is 2.65 bits per heavy atom. The Morgan fingerprint density at radius 2 is 1.83 bits per heavy atom. The number of rotatable bonds is 4. The zero-order valence-corrected chi connectivity index (χ0v) is 12.5. The van der Waals surface area contributed by atoms with Gasteiger partial charge in [0.2, 0.25) is 5.56 Å². The lowest BCUT2D eigenvalue weighted by Gasteiger charge is -2.10. The summed E-state index contributed by atoms with van der Waals surface area (Å²) in [6.45, 7) is 0.0734. The maximum Gasteiger partial charge on any atom is 0.339 e. The number of aromatic amines is 1. The highest BCUT2D eigenvalue weighted by Gasteiger charge is 2.14. The van der Waals surface area contributed by atoms with Crippen LogP contribution >= 0.6 is 0 Å². The monoisotopic (exact) mass is 309 g/mol. The minimum Gasteiger partial charge on any atom is -0.496 e. The van der Waals surface area contributed by atoms with Crippen molar-refractivity contribution in [3.8, 4) is 5.75 Å². The van der Waals surface area contributed by atoms with Gasteiger partial charge in [0.05, 0.1) is 12.7 Å². The van der Waals surface area contributed by atoms with E-state index in [1.54, 1.807) is 37.4 Å². The average molecular weight is 309 g/mol. The van der Waals surface area contributed by atoms with Crippen molar-refractivity contribution in [2.75, 3.05) is 7.11 Å². The van der Waals surface area contributed by atoms with Gasteiger partial charge >= 0.3 is 5.97 Å². The molecule has 0 amide bonds. The van der Waals surface area contributed by atoms with Gasteiger partial charge < -0.3 is 14.5 Å². The summed E-state index contributed by atoms with van der Waals surface area (Å²) in [4.78, 5) is 26.8. The highest BCUT2D eigenvalue weighted by molar-refractivity contribution is 6.03. The number of carbonyl (C=O) groups excluding carboxylic acids is 1. The first-order valence-electron chi connectivity index (χ1n) is 7.10. The van der Waals surface area contributed by atoms with Crippen molar-refractivity contribution in [1.82, 2.24) is 4.98 Å². The zero-order chi connectivity index (χ0) is 16.2. The van der Waals surface area contributed by atoms with E-state index in [1.165, 1.54) is 6.07 Å². The van der Waals surface area contributed by atoms with Crippen LogP contribution in [-0.4, -0.2) is 18.1 Å². The van der Waals surface area contributed by atoms with Gasteiger partial charge in [-0.25, -0.2) is 4.79 Å². The first-order valence-corrected chi connectivity index (χ1v) is 7.10. The average Bonchev–Trinajstić information content (AvgIpc) is 2.59. The molecule has 0 atom stereocenters. The van der Waals surface area contributed by atoms with Crippen molar-refractivity contribution < 1.29 is 14.3 Å². The number of carbonyl (C=O) groups is 1. The molecule has 1 aromatic heterocycles. The molecule has 5 nitrogen and oxygen atoms in total. The number of methoxy groups -OCH3 is 1. The first-order chi connectivity index (χ1) is 11.2. The van der Waals surface area contributed by atoms with Gasteiger partial charge in [-0.1, -0.05) is 36.4 Å². The van der Waals surface area contributed by atoms with E-state index in [2.05, 4.69) is 4.98 Å². The highest BCUT2D eigenvalue weighted by atomic mass is 16.5. The number of para-hydroxylation sites is 2. The summed E-state index contributed by atoms with van der Waals surface area (Å²) >= 11 is 0. The quantitative estimate of drug-likeness (QED) is 0.752. The van der Waals surface area contributed by atoms with Crippen molar-refractivity contribution in [1.29, 1.82) is 0 Å². The lowest BCUT2D eigenvalue weighted by molar-refractivity contribution is 0.0472. The predicted molar refractivity (Wildman–Crippen MR) is 86.7 cm³/mol. The molecule has 0 aliphatic carbocycles. The summed E-state index contributed by atoms with van der Waals surface area (Å²) in [5.74, 6) is 0.106. The molecule has 3 rings (SSSR count). The van der Waals surface area contributed by atoms with E-state index in [9.17, 15) is 9.59 Å². The molecule has 0 aliphatic heterocycles. The predicted octanol–water partition coefficient (Wildman–Crippen LogP) is 2.89. The Kier molecular flexibility index (Phi) is 4.10. The van der Waals surface area contributed by atoms with Crippen molar-refractivity contribution in [3.63, 3.8) is 0 Å². The van der Waals surface area contributed by atoms with Crippen LogP contribution in [0.15, 0.2) is 59.4 Å². The fourth-order valence-electron chi connectivity index (χ4n) is 2.42. The van der Waals surface area contributed by atoms with Crippen molar-refractivity contribution >= 4 is 16.9 Å². The van der Waals surface area contributed by atoms with E-state index in [4.69, 9.17) is 9.47 Å². The van der Waals surface area contributed by atoms with E-state index in [-0.39, 0.29) is 17.7 Å². The van der Waals surface area contributed by atoms with E-state index in [0.717, 1.165) is 5.56 Å². The van der Waals surface area contributed by atoms with Gasteiger partial charge in [-0.3, -0.25) is 4.79 Å². The topological polar surface area (TPSA) is 68.4 Å². The van der Waals surface area contributed by atoms with Gasteiger partial charge in [-0.15, -0.1) is 0 Å². The number of ether oxygens (including phenoxy) is 2. The van der Waals surface area contributed by atoms with Crippen LogP contribution in [0.4, 0.5) is 0 Å². The largest absolute Gasteiger partial charge is 0.496 e. The number of fused-ring (bicyclic) bond motifs is 1. The van der Waals surface area contributed by atoms with Crippen LogP contribution in [0.25, 0.3) is 10.9 Å². The van der Waals surface area contributed by atoms with E-state index in [1.807, 2.05) is 18.2 Å². The third kappa shape index (κ3) is 3.08. The Bertz CT molecular complexity index is 914. The number of nitrogens with one attached hydrogen (secondary N) is 1. The summed E-state index contributed by atoms with van der Waals surface area (Å²) < 4.78 is 10.6. The number of H-pyrrole nitrogens is 1. The molecular formula is C18H15NO4. The van der Waals surface area contributed by atoms with Gasteiger partial charge in [0.25, 0.3) is 0 Å². The Balaban J connectivity index is 1.88. The molecule has 0 saturated carbocycles. The third-order valence-electron chi connectivity index (χ3n) is 3.52. The summed E-state index contributed by atoms with van der Waals surface area (Å²) in [6.07, 6.45) is 0. The van der Waals surface area contributed by atoms with Crippen LogP contribution in [0.1, 0.15) is 15.9 Å². The summed E-state index contributed by atoms with van der Waals surface area (Å²) in [7, 11) is 1.56. The van der Waals surface area contributed by atoms with Crippen molar-refractivity contribution in [2.45, 2.75) is 6.61 Å². The van der Waals surface area contributed by atoms with Gasteiger partial charge in [0.15, 0.2) is 0 Å². The molecule has 5 heteroatoms. The van der Waals surface area contributed by atoms with Crippen LogP contribution in [0.3, 0.4) is 0 Å². The lowest BCUT2D eigenvalue weighted by atomic mass is 10.1. The maximum atomic E-state index is 12.4. The van der Waals surface area contributed by atoms with Crippen LogP contribution < -0.4 is 10.3 Å². The second-order valence-electron chi connectivity index (χ2n) is 4.98. The smallest absolute Gasteiger partial charge is 0.339 e. The standard InChI is InChI=1S/C18H15NO4/c1-22-16-9-5-2-6-12(16)11-23-18(21)14-10-17(20)19-15-8-4-3-7-13(14)15/h2-10H,11H2,1H3,(H,19,20). The van der Waals surface area contributed by atoms with E-state index < -0.39 is 5.97 Å². The minimum atomic E-state index is -0.543. The van der Waals surface area contributed by atoms with Gasteiger partial charge in [0, 0.05) is 22.5 Å². The number of esters is 1. The van der Waals surface area contributed by atoms with Crippen molar-refractivity contribution in [3.05, 3.63) is 76.1 Å². The van der Waals surface area contributed by atoms with Crippen LogP contribution in [-0.2, 0) is 11.3 Å². The fraction of sp³-hybridized carbons (Fsp3) is 0.111. The number of hydrogen-bond donors (Lipinski definition) is 1. The molecular weight excluding hydrogens is 294 g/mol. The van der Waals surface area contributed by atoms with E-state index >= 15 is 0 Å². The van der Waals surface area contributed by atoms with Crippen LogP contribution in [0.5, 0.6) is 5.75 Å². The first kappa shape index (κ1) is 14.8. The zero-order valence-electron chi connectivity index (χ0n) is 12.5. The molecule has 23 heavy (non-hydrogen) atoms. The molecule has 0 radical (unpaired) electrons. The SMILES string of the molecule is COc1ccccc1COC(=O)c1cc(=O)[nH]c2ccccc12. The molecule has 3 aromatic rings. The summed E-state index contributed by atoms with van der Waals surface area (Å²) in [6, 6.07) is 15.7. The molecule has 0 spiro atoms. The molecule has 2 aromatic carbocycles. The van der Waals surface area contributed by atoms with E-state index in [0.29, 0.717) is 16.7 Å². The summed E-state index contributed by atoms with van der Waals surface area (Å²) in [5.41, 5.74) is 1.27. The minimum absolute atomic E-state index is 0.0734. The normalized spacial score (nSPS) is 10.5. The molecule has 0 saturated heterocycles. The fourth-order valence-corrected chi connectivity index (χ4v) is 2.42. The second-order valence-corrected chi connectivity index (χ2v) is 4.98. The molecule has 0 unspecified atom stereocenters. The molecule has 1 heterocycles. The molecule has 0 fully saturated rings. The van der Waals surface area contributed by atoms with Gasteiger partial charge in [0.1, 0.15) is 12.4 Å². The molecule has 116 valence electrons. The van der Waals surface area contributed by atoms with Gasteiger partial charge in [-0.2, -0.15) is 0 Å². The van der Waals surface area contributed by atoms with Crippen LogP contribution in [0.2, 0.25) is 0 Å². The molecule has 0 bridgehead atoms. The van der Waals surface area contributed by atoms with Crippen LogP contribution in [0, 0.1) is 0 Å². The lowest BCUT2D eigenvalue weighted by Crippen LogP contribution is -2.13. The third-order valence-corrected chi connectivity index (χ3v) is 3.52.